The molecule has 1 N–H and O–H groups in total. The van der Waals surface area contributed by atoms with E-state index >= 15 is 0 Å². The summed E-state index contributed by atoms with van der Waals surface area (Å²) in [6, 6.07) is 0. The molecule has 5 heteroatoms. The van der Waals surface area contributed by atoms with Crippen LogP contribution in [0.1, 0.15) is 50.4 Å². The number of halogens is 1. The van der Waals surface area contributed by atoms with E-state index in [1.807, 2.05) is 11.3 Å². The van der Waals surface area contributed by atoms with Gasteiger partial charge in [0.15, 0.2) is 0 Å². The molecule has 2 rings (SSSR count). The minimum atomic E-state index is 0. The molecule has 0 saturated carbocycles. The zero-order valence-electron chi connectivity index (χ0n) is 13.8. The van der Waals surface area contributed by atoms with Gasteiger partial charge in [0, 0.05) is 11.1 Å². The van der Waals surface area contributed by atoms with Gasteiger partial charge in [-0.05, 0) is 50.4 Å². The predicted molar refractivity (Wildman–Crippen MR) is 94.6 cm³/mol. The first kappa shape index (κ1) is 18.9. The van der Waals surface area contributed by atoms with E-state index < -0.39 is 0 Å². The van der Waals surface area contributed by atoms with Gasteiger partial charge in [-0.1, -0.05) is 27.7 Å². The molecule has 122 valence electrons. The van der Waals surface area contributed by atoms with Crippen molar-refractivity contribution in [3.8, 4) is 0 Å². The average molecular weight is 332 g/mol. The molecule has 0 amide bonds. The molecule has 2 heterocycles. The van der Waals surface area contributed by atoms with Crippen molar-refractivity contribution in [2.75, 3.05) is 26.2 Å². The average Bonchev–Trinajstić information content (AvgIpc) is 2.86. The summed E-state index contributed by atoms with van der Waals surface area (Å²) in [5, 5.41) is 4.75. The summed E-state index contributed by atoms with van der Waals surface area (Å²) in [7, 11) is 0. The molecule has 0 atom stereocenters. The van der Waals surface area contributed by atoms with Crippen molar-refractivity contribution in [3.63, 3.8) is 0 Å². The first-order valence-corrected chi connectivity index (χ1v) is 8.69. The summed E-state index contributed by atoms with van der Waals surface area (Å²) in [6.07, 6.45) is 4.72. The Hall–Kier alpha value is -0.160. The van der Waals surface area contributed by atoms with Gasteiger partial charge in [-0.15, -0.1) is 23.7 Å². The molecule has 1 fully saturated rings. The van der Waals surface area contributed by atoms with Crippen molar-refractivity contribution in [2.45, 2.75) is 52.5 Å². The number of piperidine rings is 1. The number of hydrogen-bond donors (Lipinski definition) is 1. The van der Waals surface area contributed by atoms with E-state index in [9.17, 15) is 0 Å². The van der Waals surface area contributed by atoms with Gasteiger partial charge in [0.2, 0.25) is 0 Å². The molecule has 3 nitrogen and oxygen atoms in total. The van der Waals surface area contributed by atoms with Gasteiger partial charge in [-0.2, -0.15) is 0 Å². The minimum absolute atomic E-state index is 0. The Kier molecular flexibility index (Phi) is 7.62. The Balaban J connectivity index is 0.00000220. The second kappa shape index (κ2) is 8.47. The normalized spacial score (nSPS) is 17.7. The third-order valence-corrected chi connectivity index (χ3v) is 5.45. The monoisotopic (exact) mass is 331 g/mol. The molecule has 0 aromatic carbocycles. The maximum atomic E-state index is 4.61. The van der Waals surface area contributed by atoms with Crippen LogP contribution >= 0.6 is 23.7 Å². The lowest BCUT2D eigenvalue weighted by molar-refractivity contribution is 0.175. The lowest BCUT2D eigenvalue weighted by atomic mass is 9.96. The van der Waals surface area contributed by atoms with E-state index in [1.54, 1.807) is 0 Å². The van der Waals surface area contributed by atoms with Crippen LogP contribution in [-0.4, -0.2) is 36.1 Å². The van der Waals surface area contributed by atoms with Crippen molar-refractivity contribution in [2.24, 2.45) is 5.92 Å². The van der Waals surface area contributed by atoms with Gasteiger partial charge in [0.1, 0.15) is 5.01 Å². The maximum Gasteiger partial charge on any atom is 0.107 e. The Morgan fingerprint density at radius 1 is 1.33 bits per heavy atom. The number of nitrogens with zero attached hydrogens (tertiary/aromatic N) is 2. The van der Waals surface area contributed by atoms with Crippen LogP contribution in [0.3, 0.4) is 0 Å². The Morgan fingerprint density at radius 3 is 2.52 bits per heavy atom. The van der Waals surface area contributed by atoms with E-state index in [-0.39, 0.29) is 17.8 Å². The quantitative estimate of drug-likeness (QED) is 0.892. The maximum absolute atomic E-state index is 4.61. The SMILES string of the molecule is CCNCC1CCN(Cc2ncc(C(C)(C)C)s2)CC1.Cl. The van der Waals surface area contributed by atoms with Crippen molar-refractivity contribution in [3.05, 3.63) is 16.1 Å². The van der Waals surface area contributed by atoms with Gasteiger partial charge in [0.05, 0.1) is 6.54 Å². The van der Waals surface area contributed by atoms with Crippen molar-refractivity contribution < 1.29 is 0 Å². The van der Waals surface area contributed by atoms with Crippen LogP contribution in [0.2, 0.25) is 0 Å². The van der Waals surface area contributed by atoms with Gasteiger partial charge >= 0.3 is 0 Å². The van der Waals surface area contributed by atoms with Crippen LogP contribution in [0.15, 0.2) is 6.20 Å². The number of aromatic nitrogens is 1. The van der Waals surface area contributed by atoms with Crippen LogP contribution in [0.5, 0.6) is 0 Å². The molecule has 21 heavy (non-hydrogen) atoms. The van der Waals surface area contributed by atoms with Crippen LogP contribution in [-0.2, 0) is 12.0 Å². The third-order valence-electron chi connectivity index (χ3n) is 4.04. The Bertz CT molecular complexity index is 406. The number of likely N-dealkylation sites (tertiary alicyclic amines) is 1. The minimum Gasteiger partial charge on any atom is -0.317 e. The lowest BCUT2D eigenvalue weighted by Gasteiger charge is -2.31. The molecule has 1 aromatic rings. The summed E-state index contributed by atoms with van der Waals surface area (Å²) >= 11 is 1.88. The molecule has 0 spiro atoms. The molecule has 0 unspecified atom stereocenters. The van der Waals surface area contributed by atoms with E-state index in [1.165, 1.54) is 42.4 Å². The molecule has 1 aromatic heterocycles. The highest BCUT2D eigenvalue weighted by molar-refractivity contribution is 7.11. The third kappa shape index (κ3) is 5.85. The van der Waals surface area contributed by atoms with Crippen molar-refractivity contribution in [1.29, 1.82) is 0 Å². The summed E-state index contributed by atoms with van der Waals surface area (Å²) in [6.45, 7) is 14.7. The van der Waals surface area contributed by atoms with E-state index in [0.717, 1.165) is 19.0 Å². The van der Waals surface area contributed by atoms with Crippen LogP contribution < -0.4 is 5.32 Å². The Morgan fingerprint density at radius 2 is 2.00 bits per heavy atom. The van der Waals surface area contributed by atoms with E-state index in [2.05, 4.69) is 49.1 Å². The first-order chi connectivity index (χ1) is 9.49. The standard InChI is InChI=1S/C16H29N3S.ClH/c1-5-17-10-13-6-8-19(9-7-13)12-15-18-11-14(20-15)16(2,3)4;/h11,13,17H,5-10,12H2,1-4H3;1H. The van der Waals surface area contributed by atoms with Crippen molar-refractivity contribution >= 4 is 23.7 Å². The molecular formula is C16H30ClN3S. The molecule has 0 bridgehead atoms. The van der Waals surface area contributed by atoms with Gasteiger partial charge in [-0.25, -0.2) is 4.98 Å². The highest BCUT2D eigenvalue weighted by Gasteiger charge is 2.21. The lowest BCUT2D eigenvalue weighted by Crippen LogP contribution is -2.36. The summed E-state index contributed by atoms with van der Waals surface area (Å²) < 4.78 is 0. The largest absolute Gasteiger partial charge is 0.317 e. The highest BCUT2D eigenvalue weighted by Crippen LogP contribution is 2.28. The smallest absolute Gasteiger partial charge is 0.107 e. The van der Waals surface area contributed by atoms with Crippen LogP contribution in [0, 0.1) is 5.92 Å². The number of rotatable bonds is 5. The molecular weight excluding hydrogens is 302 g/mol. The zero-order chi connectivity index (χ0) is 14.6. The molecule has 1 aliphatic rings. The second-order valence-corrected chi connectivity index (χ2v) is 8.01. The molecule has 1 aliphatic heterocycles. The molecule has 0 radical (unpaired) electrons. The number of nitrogens with one attached hydrogen (secondary N) is 1. The molecule has 0 aliphatic carbocycles. The Labute approximate surface area is 139 Å². The summed E-state index contributed by atoms with van der Waals surface area (Å²) in [4.78, 5) is 8.57. The van der Waals surface area contributed by atoms with Gasteiger partial charge < -0.3 is 5.32 Å². The zero-order valence-corrected chi connectivity index (χ0v) is 15.4. The fourth-order valence-electron chi connectivity index (χ4n) is 2.62. The molecule has 1 saturated heterocycles. The number of thiazole rings is 1. The van der Waals surface area contributed by atoms with Crippen molar-refractivity contribution in [1.82, 2.24) is 15.2 Å². The highest BCUT2D eigenvalue weighted by atomic mass is 35.5. The van der Waals surface area contributed by atoms with Crippen LogP contribution in [0.25, 0.3) is 0 Å². The van der Waals surface area contributed by atoms with Gasteiger partial charge in [-0.3, -0.25) is 4.90 Å². The van der Waals surface area contributed by atoms with E-state index in [4.69, 9.17) is 0 Å². The number of hydrogen-bond acceptors (Lipinski definition) is 4. The van der Waals surface area contributed by atoms with E-state index in [0.29, 0.717) is 0 Å². The predicted octanol–water partition coefficient (Wildman–Crippen LogP) is 3.68. The summed E-state index contributed by atoms with van der Waals surface area (Å²) in [5.74, 6) is 0.868. The van der Waals surface area contributed by atoms with Crippen LogP contribution in [0.4, 0.5) is 0 Å². The first-order valence-electron chi connectivity index (χ1n) is 7.87. The second-order valence-electron chi connectivity index (χ2n) is 6.90. The summed E-state index contributed by atoms with van der Waals surface area (Å²) in [5.41, 5.74) is 0.231. The fourth-order valence-corrected chi connectivity index (χ4v) is 3.64. The van der Waals surface area contributed by atoms with Gasteiger partial charge in [0.25, 0.3) is 0 Å². The topological polar surface area (TPSA) is 28.2 Å². The fraction of sp³-hybridized carbons (Fsp3) is 0.812.